The third-order valence-electron chi connectivity index (χ3n) is 1.66. The van der Waals surface area contributed by atoms with E-state index in [1.807, 2.05) is 0 Å². The average Bonchev–Trinajstić information content (AvgIpc) is 2.06. The molecule has 1 rings (SSSR count). The largest absolute Gasteiger partial charge is 0.393 e. The van der Waals surface area contributed by atoms with Crippen LogP contribution in [0.2, 0.25) is 0 Å². The Balaban J connectivity index is 3.06. The Labute approximate surface area is 87.7 Å². The molecule has 0 heterocycles. The third kappa shape index (κ3) is 3.51. The van der Waals surface area contributed by atoms with Crippen molar-refractivity contribution in [1.29, 1.82) is 0 Å². The second kappa shape index (κ2) is 4.18. The molecular formula is C9H5ClF4O. The molecule has 0 bridgehead atoms. The topological polar surface area (TPSA) is 17.1 Å². The molecule has 0 aliphatic heterocycles. The highest BCUT2D eigenvalue weighted by Crippen LogP contribution is 2.24. The van der Waals surface area contributed by atoms with Crippen molar-refractivity contribution in [3.8, 4) is 0 Å². The van der Waals surface area contributed by atoms with Crippen LogP contribution in [0.3, 0.4) is 0 Å². The van der Waals surface area contributed by atoms with Gasteiger partial charge in [-0.3, -0.25) is 4.79 Å². The fourth-order valence-electron chi connectivity index (χ4n) is 1.05. The van der Waals surface area contributed by atoms with Crippen molar-refractivity contribution >= 4 is 16.8 Å². The standard InChI is InChI=1S/C9H5ClF4O/c10-8(15)5-1-2-7(11)6(3-5)4-9(12,13)14/h1-3H,4H2. The molecule has 1 aromatic rings. The molecule has 82 valence electrons. The van der Waals surface area contributed by atoms with E-state index in [-0.39, 0.29) is 5.56 Å². The smallest absolute Gasteiger partial charge is 0.276 e. The van der Waals surface area contributed by atoms with Gasteiger partial charge in [0.05, 0.1) is 6.42 Å². The average molecular weight is 241 g/mol. The van der Waals surface area contributed by atoms with Gasteiger partial charge in [-0.25, -0.2) is 4.39 Å². The van der Waals surface area contributed by atoms with Crippen LogP contribution in [0.15, 0.2) is 18.2 Å². The SMILES string of the molecule is O=C(Cl)c1ccc(F)c(CC(F)(F)F)c1. The molecule has 1 nitrogen and oxygen atoms in total. The summed E-state index contributed by atoms with van der Waals surface area (Å²) in [4.78, 5) is 10.6. The molecule has 0 saturated carbocycles. The molecule has 0 radical (unpaired) electrons. The normalized spacial score (nSPS) is 11.5. The first-order valence-electron chi connectivity index (χ1n) is 3.84. The van der Waals surface area contributed by atoms with E-state index in [9.17, 15) is 22.4 Å². The lowest BCUT2D eigenvalue weighted by atomic mass is 10.1. The van der Waals surface area contributed by atoms with Crippen LogP contribution in [-0.4, -0.2) is 11.4 Å². The summed E-state index contributed by atoms with van der Waals surface area (Å²) in [5.74, 6) is -1.01. The van der Waals surface area contributed by atoms with E-state index in [1.54, 1.807) is 0 Å². The Morgan fingerprint density at radius 2 is 1.93 bits per heavy atom. The number of hydrogen-bond donors (Lipinski definition) is 0. The van der Waals surface area contributed by atoms with Crippen LogP contribution in [-0.2, 0) is 6.42 Å². The maximum atomic E-state index is 12.9. The zero-order valence-electron chi connectivity index (χ0n) is 7.24. The molecule has 0 atom stereocenters. The number of carbonyl (C=O) groups excluding carboxylic acids is 1. The summed E-state index contributed by atoms with van der Waals surface area (Å²) in [6.45, 7) is 0. The summed E-state index contributed by atoms with van der Waals surface area (Å²) in [5, 5.41) is -0.918. The molecule has 1 aromatic carbocycles. The lowest BCUT2D eigenvalue weighted by molar-refractivity contribution is -0.127. The van der Waals surface area contributed by atoms with E-state index in [2.05, 4.69) is 0 Å². The van der Waals surface area contributed by atoms with Gasteiger partial charge in [-0.15, -0.1) is 0 Å². The molecule has 0 unspecified atom stereocenters. The van der Waals surface area contributed by atoms with Crippen molar-refractivity contribution in [1.82, 2.24) is 0 Å². The minimum atomic E-state index is -4.52. The van der Waals surface area contributed by atoms with E-state index in [4.69, 9.17) is 11.6 Å². The predicted octanol–water partition coefficient (Wildman–Crippen LogP) is 3.31. The van der Waals surface area contributed by atoms with Gasteiger partial charge in [0, 0.05) is 5.56 Å². The molecule has 0 fully saturated rings. The minimum absolute atomic E-state index is 0.155. The van der Waals surface area contributed by atoms with Gasteiger partial charge < -0.3 is 0 Å². The summed E-state index contributed by atoms with van der Waals surface area (Å²) < 4.78 is 48.8. The predicted molar refractivity (Wildman–Crippen MR) is 46.3 cm³/mol. The van der Waals surface area contributed by atoms with Gasteiger partial charge in [0.1, 0.15) is 5.82 Å². The second-order valence-electron chi connectivity index (χ2n) is 2.87. The van der Waals surface area contributed by atoms with Crippen molar-refractivity contribution < 1.29 is 22.4 Å². The van der Waals surface area contributed by atoms with Gasteiger partial charge >= 0.3 is 6.18 Å². The van der Waals surface area contributed by atoms with Gasteiger partial charge in [0.2, 0.25) is 0 Å². The quantitative estimate of drug-likeness (QED) is 0.573. The summed E-state index contributed by atoms with van der Waals surface area (Å²) in [6, 6.07) is 2.62. The minimum Gasteiger partial charge on any atom is -0.276 e. The van der Waals surface area contributed by atoms with E-state index in [0.717, 1.165) is 18.2 Å². The fourth-order valence-corrected chi connectivity index (χ4v) is 1.17. The molecule has 0 aliphatic rings. The van der Waals surface area contributed by atoms with Crippen LogP contribution in [0, 0.1) is 5.82 Å². The Hall–Kier alpha value is -1.10. The first-order chi connectivity index (χ1) is 6.79. The second-order valence-corrected chi connectivity index (χ2v) is 3.22. The van der Waals surface area contributed by atoms with Crippen LogP contribution < -0.4 is 0 Å². The van der Waals surface area contributed by atoms with E-state index in [0.29, 0.717) is 0 Å². The molecular weight excluding hydrogens is 236 g/mol. The monoisotopic (exact) mass is 240 g/mol. The fraction of sp³-hybridized carbons (Fsp3) is 0.222. The van der Waals surface area contributed by atoms with Crippen molar-refractivity contribution in [3.05, 3.63) is 35.1 Å². The number of alkyl halides is 3. The summed E-state index contributed by atoms with van der Waals surface area (Å²) in [5.41, 5.74) is -0.744. The Morgan fingerprint density at radius 1 is 1.33 bits per heavy atom. The van der Waals surface area contributed by atoms with Gasteiger partial charge in [-0.2, -0.15) is 13.2 Å². The third-order valence-corrected chi connectivity index (χ3v) is 1.88. The highest BCUT2D eigenvalue weighted by molar-refractivity contribution is 6.67. The van der Waals surface area contributed by atoms with Crippen LogP contribution in [0.4, 0.5) is 17.6 Å². The van der Waals surface area contributed by atoms with Gasteiger partial charge in [-0.1, -0.05) is 0 Å². The maximum Gasteiger partial charge on any atom is 0.393 e. The zero-order chi connectivity index (χ0) is 11.6. The number of halogens is 5. The summed E-state index contributed by atoms with van der Waals surface area (Å²) in [6.07, 6.45) is -5.94. The lowest BCUT2D eigenvalue weighted by Crippen LogP contribution is -2.13. The van der Waals surface area contributed by atoms with Gasteiger partial charge in [-0.05, 0) is 35.4 Å². The molecule has 0 aromatic heterocycles. The lowest BCUT2D eigenvalue weighted by Gasteiger charge is -2.07. The summed E-state index contributed by atoms with van der Waals surface area (Å²) in [7, 11) is 0. The number of carbonyl (C=O) groups is 1. The first-order valence-corrected chi connectivity index (χ1v) is 4.22. The molecule has 15 heavy (non-hydrogen) atoms. The molecule has 0 amide bonds. The highest BCUT2D eigenvalue weighted by atomic mass is 35.5. The van der Waals surface area contributed by atoms with E-state index in [1.165, 1.54) is 0 Å². The van der Waals surface area contributed by atoms with E-state index < -0.39 is 29.2 Å². The Kier molecular flexibility index (Phi) is 3.34. The van der Waals surface area contributed by atoms with Crippen molar-refractivity contribution in [2.45, 2.75) is 12.6 Å². The molecule has 0 aliphatic carbocycles. The molecule has 0 N–H and O–H groups in total. The number of rotatable bonds is 2. The van der Waals surface area contributed by atoms with Crippen LogP contribution >= 0.6 is 11.6 Å². The van der Waals surface area contributed by atoms with Crippen molar-refractivity contribution in [2.24, 2.45) is 0 Å². The van der Waals surface area contributed by atoms with Crippen LogP contribution in [0.1, 0.15) is 15.9 Å². The van der Waals surface area contributed by atoms with Crippen molar-refractivity contribution in [2.75, 3.05) is 0 Å². The summed E-state index contributed by atoms with van der Waals surface area (Å²) >= 11 is 5.06. The van der Waals surface area contributed by atoms with Crippen LogP contribution in [0.5, 0.6) is 0 Å². The molecule has 0 saturated heterocycles. The molecule has 6 heteroatoms. The Morgan fingerprint density at radius 3 is 2.40 bits per heavy atom. The number of hydrogen-bond acceptors (Lipinski definition) is 1. The maximum absolute atomic E-state index is 12.9. The number of benzene rings is 1. The van der Waals surface area contributed by atoms with Crippen molar-refractivity contribution in [3.63, 3.8) is 0 Å². The first kappa shape index (κ1) is 12.0. The van der Waals surface area contributed by atoms with Gasteiger partial charge in [0.15, 0.2) is 0 Å². The molecule has 0 spiro atoms. The van der Waals surface area contributed by atoms with Gasteiger partial charge in [0.25, 0.3) is 5.24 Å². The Bertz CT molecular complexity index is 386. The van der Waals surface area contributed by atoms with Crippen LogP contribution in [0.25, 0.3) is 0 Å². The van der Waals surface area contributed by atoms with E-state index >= 15 is 0 Å². The highest BCUT2D eigenvalue weighted by Gasteiger charge is 2.29. The zero-order valence-corrected chi connectivity index (χ0v) is 7.99.